The average molecular weight is 417 g/mol. The normalized spacial score (nSPS) is 15.6. The smallest absolute Gasteiger partial charge is 0.338 e. The number of esters is 1. The van der Waals surface area contributed by atoms with Crippen LogP contribution in [0.25, 0.3) is 10.2 Å². The van der Waals surface area contributed by atoms with E-state index in [1.165, 1.54) is 27.8 Å². The highest BCUT2D eigenvalue weighted by Crippen LogP contribution is 2.24. The quantitative estimate of drug-likeness (QED) is 0.591. The molecular formula is C20H20N2O4S2. The third-order valence-corrected chi connectivity index (χ3v) is 7.59. The number of carbonyl (C=O) groups excluding carboxylic acids is 1. The predicted octanol–water partition coefficient (Wildman–Crippen LogP) is 3.83. The summed E-state index contributed by atoms with van der Waals surface area (Å²) >= 11 is 1.47. The fourth-order valence-electron chi connectivity index (χ4n) is 3.23. The van der Waals surface area contributed by atoms with Crippen LogP contribution in [0.5, 0.6) is 0 Å². The number of piperidine rings is 1. The van der Waals surface area contributed by atoms with Crippen LogP contribution in [-0.4, -0.2) is 36.8 Å². The highest BCUT2D eigenvalue weighted by atomic mass is 32.2. The molecule has 28 heavy (non-hydrogen) atoms. The summed E-state index contributed by atoms with van der Waals surface area (Å²) in [5.41, 5.74) is 1.09. The standard InChI is InChI=1S/C20H20N2O4S2/c23-20(26-14-19-21-17-9-2-3-10-18(17)27-19)15-7-6-8-16(13-15)28(24,25)22-11-4-1-5-12-22/h2-3,6-10,13H,1,4-5,11-12,14H2. The second kappa shape index (κ2) is 7.98. The molecule has 0 bridgehead atoms. The third kappa shape index (κ3) is 3.94. The molecule has 0 atom stereocenters. The first kappa shape index (κ1) is 19.0. The van der Waals surface area contributed by atoms with Gasteiger partial charge in [0, 0.05) is 13.1 Å². The van der Waals surface area contributed by atoms with E-state index in [0.717, 1.165) is 29.5 Å². The maximum Gasteiger partial charge on any atom is 0.338 e. The molecule has 2 aromatic carbocycles. The van der Waals surface area contributed by atoms with Crippen molar-refractivity contribution in [3.63, 3.8) is 0 Å². The molecule has 146 valence electrons. The van der Waals surface area contributed by atoms with Gasteiger partial charge >= 0.3 is 5.97 Å². The minimum atomic E-state index is -3.59. The van der Waals surface area contributed by atoms with E-state index in [9.17, 15) is 13.2 Å². The molecule has 1 aromatic heterocycles. The lowest BCUT2D eigenvalue weighted by atomic mass is 10.2. The van der Waals surface area contributed by atoms with Gasteiger partial charge in [0.05, 0.1) is 20.7 Å². The maximum absolute atomic E-state index is 12.8. The molecule has 0 saturated carbocycles. The Kier molecular flexibility index (Phi) is 5.43. The van der Waals surface area contributed by atoms with Crippen LogP contribution in [0.1, 0.15) is 34.6 Å². The number of rotatable bonds is 5. The molecule has 0 N–H and O–H groups in total. The molecule has 1 aliphatic heterocycles. The minimum Gasteiger partial charge on any atom is -0.455 e. The van der Waals surface area contributed by atoms with Crippen LogP contribution in [0.2, 0.25) is 0 Å². The van der Waals surface area contributed by atoms with Crippen molar-refractivity contribution in [1.29, 1.82) is 0 Å². The molecule has 1 saturated heterocycles. The van der Waals surface area contributed by atoms with Gasteiger partial charge in [-0.15, -0.1) is 11.3 Å². The van der Waals surface area contributed by atoms with E-state index in [1.54, 1.807) is 12.1 Å². The van der Waals surface area contributed by atoms with Crippen LogP contribution >= 0.6 is 11.3 Å². The first-order chi connectivity index (χ1) is 13.5. The summed E-state index contributed by atoms with van der Waals surface area (Å²) in [6.45, 7) is 1.10. The first-order valence-electron chi connectivity index (χ1n) is 9.16. The number of nitrogens with zero attached hydrogens (tertiary/aromatic N) is 2. The monoisotopic (exact) mass is 416 g/mol. The van der Waals surface area contributed by atoms with Crippen molar-refractivity contribution in [2.24, 2.45) is 0 Å². The van der Waals surface area contributed by atoms with Gasteiger partial charge < -0.3 is 4.74 Å². The van der Waals surface area contributed by atoms with Crippen LogP contribution in [0.15, 0.2) is 53.4 Å². The van der Waals surface area contributed by atoms with Crippen LogP contribution in [-0.2, 0) is 21.4 Å². The van der Waals surface area contributed by atoms with Crippen molar-refractivity contribution in [2.75, 3.05) is 13.1 Å². The van der Waals surface area contributed by atoms with Crippen molar-refractivity contribution in [3.8, 4) is 0 Å². The lowest BCUT2D eigenvalue weighted by Gasteiger charge is -2.25. The molecule has 1 fully saturated rings. The largest absolute Gasteiger partial charge is 0.455 e. The maximum atomic E-state index is 12.8. The summed E-state index contributed by atoms with van der Waals surface area (Å²) in [7, 11) is -3.59. The van der Waals surface area contributed by atoms with E-state index in [2.05, 4.69) is 4.98 Å². The molecule has 8 heteroatoms. The third-order valence-electron chi connectivity index (χ3n) is 4.69. The molecule has 4 rings (SSSR count). The number of ether oxygens (including phenoxy) is 1. The number of thiazole rings is 1. The molecule has 0 unspecified atom stereocenters. The van der Waals surface area contributed by atoms with Gasteiger partial charge in [0.15, 0.2) is 0 Å². The van der Waals surface area contributed by atoms with Crippen LogP contribution in [0.3, 0.4) is 0 Å². The van der Waals surface area contributed by atoms with E-state index in [-0.39, 0.29) is 17.1 Å². The zero-order valence-corrected chi connectivity index (χ0v) is 16.8. The fourth-order valence-corrected chi connectivity index (χ4v) is 5.67. The summed E-state index contributed by atoms with van der Waals surface area (Å²) in [5, 5.41) is 0.701. The summed E-state index contributed by atoms with van der Waals surface area (Å²) < 4.78 is 33.5. The van der Waals surface area contributed by atoms with Gasteiger partial charge in [-0.1, -0.05) is 24.6 Å². The Morgan fingerprint density at radius 1 is 1.07 bits per heavy atom. The fraction of sp³-hybridized carbons (Fsp3) is 0.300. The molecule has 0 aliphatic carbocycles. The molecule has 6 nitrogen and oxygen atoms in total. The molecule has 0 amide bonds. The van der Waals surface area contributed by atoms with E-state index in [0.29, 0.717) is 18.1 Å². The van der Waals surface area contributed by atoms with E-state index in [1.807, 2.05) is 24.3 Å². The van der Waals surface area contributed by atoms with Crippen LogP contribution in [0, 0.1) is 0 Å². The predicted molar refractivity (Wildman–Crippen MR) is 108 cm³/mol. The second-order valence-electron chi connectivity index (χ2n) is 6.64. The Balaban J connectivity index is 1.48. The van der Waals surface area contributed by atoms with Gasteiger partial charge in [-0.3, -0.25) is 0 Å². The Hall–Kier alpha value is -2.29. The summed E-state index contributed by atoms with van der Waals surface area (Å²) in [6, 6.07) is 13.8. The molecule has 2 heterocycles. The van der Waals surface area contributed by atoms with Gasteiger partial charge in [0.1, 0.15) is 11.6 Å². The number of hydrogen-bond donors (Lipinski definition) is 0. The van der Waals surface area contributed by atoms with E-state index in [4.69, 9.17) is 4.74 Å². The minimum absolute atomic E-state index is 0.0568. The average Bonchev–Trinajstić information content (AvgIpc) is 3.16. The van der Waals surface area contributed by atoms with Gasteiger partial charge in [-0.25, -0.2) is 18.2 Å². The Bertz CT molecular complexity index is 1070. The van der Waals surface area contributed by atoms with Crippen molar-refractivity contribution >= 4 is 37.5 Å². The summed E-state index contributed by atoms with van der Waals surface area (Å²) in [4.78, 5) is 17.0. The van der Waals surface area contributed by atoms with Crippen LogP contribution < -0.4 is 0 Å². The molecule has 0 spiro atoms. The van der Waals surface area contributed by atoms with Crippen molar-refractivity contribution < 1.29 is 17.9 Å². The number of para-hydroxylation sites is 1. The van der Waals surface area contributed by atoms with E-state index >= 15 is 0 Å². The van der Waals surface area contributed by atoms with Crippen molar-refractivity contribution in [1.82, 2.24) is 9.29 Å². The van der Waals surface area contributed by atoms with Gasteiger partial charge in [0.2, 0.25) is 10.0 Å². The molecule has 1 aliphatic rings. The number of fused-ring (bicyclic) bond motifs is 1. The zero-order valence-electron chi connectivity index (χ0n) is 15.2. The van der Waals surface area contributed by atoms with E-state index < -0.39 is 16.0 Å². The van der Waals surface area contributed by atoms with Gasteiger partial charge in [-0.2, -0.15) is 4.31 Å². The van der Waals surface area contributed by atoms with Gasteiger partial charge in [0.25, 0.3) is 0 Å². The molecule has 3 aromatic rings. The SMILES string of the molecule is O=C(OCc1nc2ccccc2s1)c1cccc(S(=O)(=O)N2CCCCC2)c1. The van der Waals surface area contributed by atoms with Crippen LogP contribution in [0.4, 0.5) is 0 Å². The first-order valence-corrected chi connectivity index (χ1v) is 11.4. The second-order valence-corrected chi connectivity index (χ2v) is 9.70. The summed E-state index contributed by atoms with van der Waals surface area (Å²) in [6.07, 6.45) is 2.77. The highest BCUT2D eigenvalue weighted by Gasteiger charge is 2.26. The number of aromatic nitrogens is 1. The molecule has 0 radical (unpaired) electrons. The number of carbonyl (C=O) groups is 1. The molecular weight excluding hydrogens is 396 g/mol. The zero-order chi connectivity index (χ0) is 19.6. The Morgan fingerprint density at radius 3 is 2.64 bits per heavy atom. The Morgan fingerprint density at radius 2 is 1.86 bits per heavy atom. The van der Waals surface area contributed by atoms with Crippen molar-refractivity contribution in [2.45, 2.75) is 30.8 Å². The lowest BCUT2D eigenvalue weighted by molar-refractivity contribution is 0.0472. The van der Waals surface area contributed by atoms with Crippen molar-refractivity contribution in [3.05, 3.63) is 59.1 Å². The topological polar surface area (TPSA) is 76.6 Å². The number of hydrogen-bond acceptors (Lipinski definition) is 6. The summed E-state index contributed by atoms with van der Waals surface area (Å²) in [5.74, 6) is -0.560. The Labute approximate surface area is 167 Å². The number of benzene rings is 2. The number of sulfonamides is 1. The lowest BCUT2D eigenvalue weighted by Crippen LogP contribution is -2.35. The van der Waals surface area contributed by atoms with Gasteiger partial charge in [-0.05, 0) is 43.2 Å². The highest BCUT2D eigenvalue weighted by molar-refractivity contribution is 7.89.